The van der Waals surface area contributed by atoms with Crippen molar-refractivity contribution in [3.05, 3.63) is 0 Å². The number of rotatable bonds is 1. The van der Waals surface area contributed by atoms with E-state index in [0.29, 0.717) is 19.0 Å². The van der Waals surface area contributed by atoms with Crippen LogP contribution in [-0.2, 0) is 4.74 Å². The lowest BCUT2D eigenvalue weighted by molar-refractivity contribution is 0.0281. The topological polar surface area (TPSA) is 49.8 Å². The molecule has 1 heterocycles. The fourth-order valence-electron chi connectivity index (χ4n) is 1.75. The van der Waals surface area contributed by atoms with Crippen molar-refractivity contribution >= 4 is 6.09 Å². The zero-order valence-corrected chi connectivity index (χ0v) is 9.99. The highest BCUT2D eigenvalue weighted by Crippen LogP contribution is 2.24. The van der Waals surface area contributed by atoms with Crippen molar-refractivity contribution in [3.63, 3.8) is 0 Å². The Labute approximate surface area is 91.2 Å². The van der Waals surface area contributed by atoms with E-state index in [2.05, 4.69) is 0 Å². The van der Waals surface area contributed by atoms with Gasteiger partial charge in [-0.3, -0.25) is 0 Å². The summed E-state index contributed by atoms with van der Waals surface area (Å²) in [6.45, 7) is 9.04. The summed E-state index contributed by atoms with van der Waals surface area (Å²) >= 11 is 0. The highest BCUT2D eigenvalue weighted by molar-refractivity contribution is 5.68. The maximum Gasteiger partial charge on any atom is 0.410 e. The van der Waals surface area contributed by atoms with Crippen molar-refractivity contribution in [2.45, 2.75) is 33.3 Å². The van der Waals surface area contributed by atoms with Crippen molar-refractivity contribution in [1.29, 1.82) is 0 Å². The predicted molar refractivity (Wildman–Crippen MR) is 57.5 cm³/mol. The number of ether oxygens (including phenoxy) is 1. The van der Waals surface area contributed by atoms with Gasteiger partial charge in [-0.25, -0.2) is 4.79 Å². The Morgan fingerprint density at radius 1 is 1.47 bits per heavy atom. The summed E-state index contributed by atoms with van der Waals surface area (Å²) in [4.78, 5) is 13.4. The van der Waals surface area contributed by atoms with E-state index < -0.39 is 5.60 Å². The molecule has 0 saturated carbocycles. The lowest BCUT2D eigenvalue weighted by atomic mass is 10.00. The van der Waals surface area contributed by atoms with Crippen molar-refractivity contribution in [1.82, 2.24) is 4.90 Å². The highest BCUT2D eigenvalue weighted by Gasteiger charge is 2.34. The molecule has 0 aromatic carbocycles. The lowest BCUT2D eigenvalue weighted by Crippen LogP contribution is -2.35. The van der Waals surface area contributed by atoms with E-state index >= 15 is 0 Å². The zero-order chi connectivity index (χ0) is 11.6. The van der Waals surface area contributed by atoms with Crippen LogP contribution in [0.4, 0.5) is 4.79 Å². The molecule has 0 aromatic rings. The van der Waals surface area contributed by atoms with Gasteiger partial charge in [-0.1, -0.05) is 6.92 Å². The largest absolute Gasteiger partial charge is 0.444 e. The van der Waals surface area contributed by atoms with E-state index in [1.165, 1.54) is 0 Å². The molecule has 1 rings (SSSR count). The van der Waals surface area contributed by atoms with Gasteiger partial charge >= 0.3 is 6.09 Å². The third kappa shape index (κ3) is 3.38. The molecular formula is C11H21NO3. The van der Waals surface area contributed by atoms with Crippen LogP contribution < -0.4 is 0 Å². The molecular weight excluding hydrogens is 194 g/mol. The van der Waals surface area contributed by atoms with Crippen molar-refractivity contribution in [3.8, 4) is 0 Å². The van der Waals surface area contributed by atoms with E-state index in [1.807, 2.05) is 27.7 Å². The lowest BCUT2D eigenvalue weighted by Gasteiger charge is -2.24. The third-order valence-corrected chi connectivity index (χ3v) is 2.65. The van der Waals surface area contributed by atoms with Gasteiger partial charge in [0.2, 0.25) is 0 Å². The number of carbonyl (C=O) groups excluding carboxylic acids is 1. The summed E-state index contributed by atoms with van der Waals surface area (Å²) < 4.78 is 5.27. The van der Waals surface area contributed by atoms with Crippen LogP contribution >= 0.6 is 0 Å². The van der Waals surface area contributed by atoms with E-state index in [-0.39, 0.29) is 18.6 Å². The summed E-state index contributed by atoms with van der Waals surface area (Å²) in [5.41, 5.74) is -0.447. The fraction of sp³-hybridized carbons (Fsp3) is 0.909. The first-order chi connectivity index (χ1) is 6.83. The minimum Gasteiger partial charge on any atom is -0.444 e. The molecule has 1 saturated heterocycles. The van der Waals surface area contributed by atoms with Crippen LogP contribution in [-0.4, -0.2) is 41.4 Å². The molecule has 1 fully saturated rings. The van der Waals surface area contributed by atoms with Gasteiger partial charge in [0, 0.05) is 25.6 Å². The smallest absolute Gasteiger partial charge is 0.410 e. The normalized spacial score (nSPS) is 26.9. The monoisotopic (exact) mass is 215 g/mol. The van der Waals surface area contributed by atoms with E-state index in [9.17, 15) is 4.79 Å². The van der Waals surface area contributed by atoms with Crippen LogP contribution in [0.1, 0.15) is 27.7 Å². The zero-order valence-electron chi connectivity index (χ0n) is 9.99. The van der Waals surface area contributed by atoms with E-state index in [4.69, 9.17) is 9.84 Å². The van der Waals surface area contributed by atoms with Crippen LogP contribution in [0.15, 0.2) is 0 Å². The molecule has 0 aromatic heterocycles. The van der Waals surface area contributed by atoms with Gasteiger partial charge in [0.1, 0.15) is 5.60 Å². The molecule has 2 atom stereocenters. The number of carbonyl (C=O) groups is 1. The van der Waals surface area contributed by atoms with Gasteiger partial charge in [-0.05, 0) is 26.7 Å². The Hall–Kier alpha value is -0.770. The molecule has 88 valence electrons. The second-order valence-electron chi connectivity index (χ2n) is 5.31. The van der Waals surface area contributed by atoms with Crippen LogP contribution in [0.3, 0.4) is 0 Å². The van der Waals surface area contributed by atoms with Crippen LogP contribution in [0.25, 0.3) is 0 Å². The summed E-state index contributed by atoms with van der Waals surface area (Å²) in [6.07, 6.45) is -0.273. The Bertz CT molecular complexity index is 234. The summed E-state index contributed by atoms with van der Waals surface area (Å²) in [5, 5.41) is 9.09. The Morgan fingerprint density at radius 2 is 2.07 bits per heavy atom. The number of amides is 1. The number of nitrogens with zero attached hydrogens (tertiary/aromatic N) is 1. The molecule has 0 aliphatic carbocycles. The summed E-state index contributed by atoms with van der Waals surface area (Å²) in [5.74, 6) is 0.542. The average molecular weight is 215 g/mol. The SMILES string of the molecule is C[C@H]1CN(C(=O)OC(C)(C)C)C[C@H]1CO. The first-order valence-corrected chi connectivity index (χ1v) is 5.42. The molecule has 0 spiro atoms. The summed E-state index contributed by atoms with van der Waals surface area (Å²) in [7, 11) is 0. The second kappa shape index (κ2) is 4.39. The van der Waals surface area contributed by atoms with Gasteiger partial charge < -0.3 is 14.7 Å². The molecule has 4 heteroatoms. The van der Waals surface area contributed by atoms with Gasteiger partial charge in [0.05, 0.1) is 0 Å². The first kappa shape index (κ1) is 12.3. The standard InChI is InChI=1S/C11H21NO3/c1-8-5-12(6-9(8)7-13)10(14)15-11(2,3)4/h8-9,13H,5-7H2,1-4H3/t8-,9-/m0/s1. The number of aliphatic hydroxyl groups is 1. The number of hydrogen-bond donors (Lipinski definition) is 1. The Balaban J connectivity index is 2.50. The molecule has 1 aliphatic rings. The maximum absolute atomic E-state index is 11.7. The molecule has 1 N–H and O–H groups in total. The Morgan fingerprint density at radius 3 is 2.47 bits per heavy atom. The second-order valence-corrected chi connectivity index (χ2v) is 5.31. The molecule has 4 nitrogen and oxygen atoms in total. The van der Waals surface area contributed by atoms with Crippen LogP contribution in [0.2, 0.25) is 0 Å². The number of hydrogen-bond acceptors (Lipinski definition) is 3. The quantitative estimate of drug-likeness (QED) is 0.720. The molecule has 0 radical (unpaired) electrons. The highest BCUT2D eigenvalue weighted by atomic mass is 16.6. The molecule has 1 aliphatic heterocycles. The minimum absolute atomic E-state index is 0.139. The third-order valence-electron chi connectivity index (χ3n) is 2.65. The molecule has 1 amide bonds. The minimum atomic E-state index is -0.447. The average Bonchev–Trinajstić information content (AvgIpc) is 2.43. The van der Waals surface area contributed by atoms with Gasteiger partial charge in [0.15, 0.2) is 0 Å². The molecule has 15 heavy (non-hydrogen) atoms. The predicted octanol–water partition coefficient (Wildman–Crippen LogP) is 1.48. The van der Waals surface area contributed by atoms with Crippen molar-refractivity contribution in [2.75, 3.05) is 19.7 Å². The van der Waals surface area contributed by atoms with Crippen LogP contribution in [0, 0.1) is 11.8 Å². The van der Waals surface area contributed by atoms with Gasteiger partial charge in [-0.2, -0.15) is 0 Å². The van der Waals surface area contributed by atoms with Gasteiger partial charge in [0.25, 0.3) is 0 Å². The number of aliphatic hydroxyl groups excluding tert-OH is 1. The maximum atomic E-state index is 11.7. The molecule has 0 unspecified atom stereocenters. The molecule has 0 bridgehead atoms. The van der Waals surface area contributed by atoms with Crippen molar-refractivity contribution < 1.29 is 14.6 Å². The Kier molecular flexibility index (Phi) is 3.60. The van der Waals surface area contributed by atoms with E-state index in [0.717, 1.165) is 0 Å². The summed E-state index contributed by atoms with van der Waals surface area (Å²) in [6, 6.07) is 0. The van der Waals surface area contributed by atoms with Gasteiger partial charge in [-0.15, -0.1) is 0 Å². The number of likely N-dealkylation sites (tertiary alicyclic amines) is 1. The van der Waals surface area contributed by atoms with Crippen LogP contribution in [0.5, 0.6) is 0 Å². The van der Waals surface area contributed by atoms with Crippen molar-refractivity contribution in [2.24, 2.45) is 11.8 Å². The van der Waals surface area contributed by atoms with E-state index in [1.54, 1.807) is 4.90 Å². The first-order valence-electron chi connectivity index (χ1n) is 5.42. The fourth-order valence-corrected chi connectivity index (χ4v) is 1.75.